The highest BCUT2D eigenvalue weighted by atomic mass is 16.5. The van der Waals surface area contributed by atoms with E-state index in [2.05, 4.69) is 22.2 Å². The van der Waals surface area contributed by atoms with Crippen molar-refractivity contribution in [1.82, 2.24) is 9.97 Å². The fraction of sp³-hybridized carbons (Fsp3) is 0.667. The lowest BCUT2D eigenvalue weighted by molar-refractivity contribution is 0.0700. The molecule has 0 aliphatic heterocycles. The van der Waals surface area contributed by atoms with E-state index in [-0.39, 0.29) is 6.10 Å². The van der Waals surface area contributed by atoms with E-state index in [1.807, 2.05) is 27.8 Å². The van der Waals surface area contributed by atoms with Crippen LogP contribution in [0, 0.1) is 6.92 Å². The summed E-state index contributed by atoms with van der Waals surface area (Å²) in [6, 6.07) is 0. The zero-order chi connectivity index (χ0) is 12.1. The first-order valence-corrected chi connectivity index (χ1v) is 5.80. The highest BCUT2D eigenvalue weighted by molar-refractivity contribution is 5.46. The van der Waals surface area contributed by atoms with E-state index in [0.29, 0.717) is 6.61 Å². The fourth-order valence-electron chi connectivity index (χ4n) is 1.75. The van der Waals surface area contributed by atoms with Gasteiger partial charge >= 0.3 is 0 Å². The van der Waals surface area contributed by atoms with Crippen LogP contribution in [-0.4, -0.2) is 23.6 Å². The molecular formula is C12H21N3O. The van der Waals surface area contributed by atoms with Crippen molar-refractivity contribution in [2.75, 3.05) is 19.0 Å². The second-order valence-corrected chi connectivity index (χ2v) is 3.70. The molecule has 16 heavy (non-hydrogen) atoms. The maximum atomic E-state index is 5.50. The molecule has 0 aliphatic rings. The Kier molecular flexibility index (Phi) is 4.68. The van der Waals surface area contributed by atoms with Gasteiger partial charge in [0, 0.05) is 24.9 Å². The van der Waals surface area contributed by atoms with E-state index in [1.54, 1.807) is 0 Å². The monoisotopic (exact) mass is 223 g/mol. The Morgan fingerprint density at radius 3 is 2.50 bits per heavy atom. The lowest BCUT2D eigenvalue weighted by Crippen LogP contribution is -2.11. The smallest absolute Gasteiger partial charge is 0.159 e. The minimum Gasteiger partial charge on any atom is -0.373 e. The summed E-state index contributed by atoms with van der Waals surface area (Å²) in [5, 5.41) is 3.12. The highest BCUT2D eigenvalue weighted by Crippen LogP contribution is 2.20. The predicted octanol–water partition coefficient (Wildman–Crippen LogP) is 2.49. The van der Waals surface area contributed by atoms with Crippen LogP contribution < -0.4 is 5.32 Å². The summed E-state index contributed by atoms with van der Waals surface area (Å²) in [5.41, 5.74) is 2.21. The fourth-order valence-corrected chi connectivity index (χ4v) is 1.75. The molecule has 1 N–H and O–H groups in total. The second kappa shape index (κ2) is 5.80. The number of anilines is 1. The molecule has 0 radical (unpaired) electrons. The van der Waals surface area contributed by atoms with Crippen LogP contribution >= 0.6 is 0 Å². The van der Waals surface area contributed by atoms with Gasteiger partial charge in [-0.2, -0.15) is 0 Å². The number of hydrogen-bond donors (Lipinski definition) is 1. The van der Waals surface area contributed by atoms with E-state index in [0.717, 1.165) is 23.8 Å². The molecule has 0 aromatic carbocycles. The summed E-state index contributed by atoms with van der Waals surface area (Å²) in [4.78, 5) is 8.99. The van der Waals surface area contributed by atoms with E-state index in [9.17, 15) is 0 Å². The summed E-state index contributed by atoms with van der Waals surface area (Å²) in [6.45, 7) is 8.75. The van der Waals surface area contributed by atoms with Gasteiger partial charge in [-0.3, -0.25) is 0 Å². The minimum atomic E-state index is -0.0540. The van der Waals surface area contributed by atoms with Gasteiger partial charge in [0.05, 0.1) is 0 Å². The van der Waals surface area contributed by atoms with Gasteiger partial charge in [0.1, 0.15) is 11.9 Å². The van der Waals surface area contributed by atoms with Gasteiger partial charge in [-0.1, -0.05) is 6.92 Å². The standard InChI is InChI=1S/C12H21N3O/c1-6-10-8(3)14-11(9(4)16-7-2)15-12(10)13-5/h9H,6-7H2,1-5H3,(H,13,14,15). The molecule has 0 amide bonds. The van der Waals surface area contributed by atoms with Crippen molar-refractivity contribution in [3.63, 3.8) is 0 Å². The van der Waals surface area contributed by atoms with E-state index < -0.39 is 0 Å². The third-order valence-electron chi connectivity index (χ3n) is 2.60. The summed E-state index contributed by atoms with van der Waals surface area (Å²) < 4.78 is 5.50. The van der Waals surface area contributed by atoms with Gasteiger partial charge in [0.25, 0.3) is 0 Å². The predicted molar refractivity (Wildman–Crippen MR) is 65.7 cm³/mol. The number of nitrogens with zero attached hydrogens (tertiary/aromatic N) is 2. The number of hydrogen-bond acceptors (Lipinski definition) is 4. The molecule has 0 saturated carbocycles. The normalized spacial score (nSPS) is 12.6. The zero-order valence-corrected chi connectivity index (χ0v) is 10.8. The number of aromatic nitrogens is 2. The molecule has 1 aromatic heterocycles. The molecule has 4 nitrogen and oxygen atoms in total. The van der Waals surface area contributed by atoms with E-state index >= 15 is 0 Å². The Bertz CT molecular complexity index is 352. The molecule has 0 aliphatic carbocycles. The van der Waals surface area contributed by atoms with Crippen LogP contribution in [0.1, 0.15) is 44.0 Å². The molecule has 0 fully saturated rings. The Hall–Kier alpha value is -1.16. The van der Waals surface area contributed by atoms with Crippen LogP contribution in [0.15, 0.2) is 0 Å². The number of aryl methyl sites for hydroxylation is 1. The summed E-state index contributed by atoms with van der Waals surface area (Å²) >= 11 is 0. The lowest BCUT2D eigenvalue weighted by atomic mass is 10.1. The molecule has 1 heterocycles. The van der Waals surface area contributed by atoms with Crippen molar-refractivity contribution in [1.29, 1.82) is 0 Å². The van der Waals surface area contributed by atoms with Crippen molar-refractivity contribution in [3.05, 3.63) is 17.1 Å². The first kappa shape index (κ1) is 12.9. The topological polar surface area (TPSA) is 47.0 Å². The van der Waals surface area contributed by atoms with Gasteiger partial charge < -0.3 is 10.1 Å². The highest BCUT2D eigenvalue weighted by Gasteiger charge is 2.13. The zero-order valence-electron chi connectivity index (χ0n) is 10.8. The van der Waals surface area contributed by atoms with Crippen LogP contribution in [0.25, 0.3) is 0 Å². The van der Waals surface area contributed by atoms with Gasteiger partial charge in [-0.25, -0.2) is 9.97 Å². The molecule has 1 unspecified atom stereocenters. The SMILES string of the molecule is CCOC(C)c1nc(C)c(CC)c(NC)n1. The second-order valence-electron chi connectivity index (χ2n) is 3.70. The average molecular weight is 223 g/mol. The molecule has 4 heteroatoms. The first-order valence-electron chi connectivity index (χ1n) is 5.80. The van der Waals surface area contributed by atoms with Crippen LogP contribution in [0.5, 0.6) is 0 Å². The van der Waals surface area contributed by atoms with Crippen LogP contribution in [0.2, 0.25) is 0 Å². The number of rotatable bonds is 5. The molecule has 0 saturated heterocycles. The van der Waals surface area contributed by atoms with Crippen molar-refractivity contribution >= 4 is 5.82 Å². The van der Waals surface area contributed by atoms with Crippen LogP contribution in [0.4, 0.5) is 5.82 Å². The Morgan fingerprint density at radius 1 is 1.31 bits per heavy atom. The maximum absolute atomic E-state index is 5.50. The van der Waals surface area contributed by atoms with Crippen LogP contribution in [0.3, 0.4) is 0 Å². The molecular weight excluding hydrogens is 202 g/mol. The van der Waals surface area contributed by atoms with Crippen LogP contribution in [-0.2, 0) is 11.2 Å². The molecule has 1 atom stereocenters. The lowest BCUT2D eigenvalue weighted by Gasteiger charge is -2.15. The van der Waals surface area contributed by atoms with Crippen molar-refractivity contribution in [3.8, 4) is 0 Å². The summed E-state index contributed by atoms with van der Waals surface area (Å²) in [6.07, 6.45) is 0.882. The van der Waals surface area contributed by atoms with Gasteiger partial charge in [0.15, 0.2) is 5.82 Å². The third-order valence-corrected chi connectivity index (χ3v) is 2.60. The quantitative estimate of drug-likeness (QED) is 0.833. The maximum Gasteiger partial charge on any atom is 0.159 e. The number of ether oxygens (including phenoxy) is 1. The largest absolute Gasteiger partial charge is 0.373 e. The molecule has 0 spiro atoms. The molecule has 1 rings (SSSR count). The molecule has 0 bridgehead atoms. The average Bonchev–Trinajstić information content (AvgIpc) is 2.28. The number of nitrogens with one attached hydrogen (secondary N) is 1. The van der Waals surface area contributed by atoms with E-state index in [1.165, 1.54) is 5.56 Å². The summed E-state index contributed by atoms with van der Waals surface area (Å²) in [5.74, 6) is 1.66. The van der Waals surface area contributed by atoms with Gasteiger partial charge in [0.2, 0.25) is 0 Å². The Morgan fingerprint density at radius 2 is 2.00 bits per heavy atom. The molecule has 1 aromatic rings. The van der Waals surface area contributed by atoms with Crippen molar-refractivity contribution < 1.29 is 4.74 Å². The van der Waals surface area contributed by atoms with Crippen molar-refractivity contribution in [2.24, 2.45) is 0 Å². The summed E-state index contributed by atoms with van der Waals surface area (Å²) in [7, 11) is 1.88. The Balaban J connectivity index is 3.09. The molecule has 90 valence electrons. The minimum absolute atomic E-state index is 0.0540. The first-order chi connectivity index (χ1) is 7.63. The third kappa shape index (κ3) is 2.70. The van der Waals surface area contributed by atoms with E-state index in [4.69, 9.17) is 4.74 Å². The van der Waals surface area contributed by atoms with Gasteiger partial charge in [-0.05, 0) is 27.2 Å². The van der Waals surface area contributed by atoms with Crippen molar-refractivity contribution in [2.45, 2.75) is 40.2 Å². The van der Waals surface area contributed by atoms with Gasteiger partial charge in [-0.15, -0.1) is 0 Å². The Labute approximate surface area is 97.5 Å².